The van der Waals surface area contributed by atoms with E-state index in [1.165, 1.54) is 0 Å². The van der Waals surface area contributed by atoms with E-state index in [9.17, 15) is 4.79 Å². The van der Waals surface area contributed by atoms with E-state index in [0.717, 1.165) is 47.7 Å². The van der Waals surface area contributed by atoms with Crippen LogP contribution in [0, 0.1) is 0 Å². The van der Waals surface area contributed by atoms with Crippen LogP contribution in [0.1, 0.15) is 23.9 Å². The van der Waals surface area contributed by atoms with Gasteiger partial charge in [-0.05, 0) is 24.6 Å². The highest BCUT2D eigenvalue weighted by molar-refractivity contribution is 5.90. The largest absolute Gasteiger partial charge is 0.450 e. The second-order valence-corrected chi connectivity index (χ2v) is 6.49. The SMILES string of the molecule is CCOC(=O)N1CCN(c2ccnc3c2C=C(c2cn(C)nn2)C3)CC1. The second kappa shape index (κ2) is 6.78. The van der Waals surface area contributed by atoms with Gasteiger partial charge in [0.05, 0.1) is 18.5 Å². The summed E-state index contributed by atoms with van der Waals surface area (Å²) >= 11 is 0. The van der Waals surface area contributed by atoms with Gasteiger partial charge in [-0.1, -0.05) is 5.21 Å². The molecule has 2 aliphatic rings. The molecule has 0 saturated carbocycles. The van der Waals surface area contributed by atoms with Gasteiger partial charge in [0.15, 0.2) is 0 Å². The minimum absolute atomic E-state index is 0.225. The number of aromatic nitrogens is 4. The molecule has 3 heterocycles. The van der Waals surface area contributed by atoms with Gasteiger partial charge in [0.2, 0.25) is 0 Å². The molecule has 0 radical (unpaired) electrons. The minimum atomic E-state index is -0.225. The Bertz CT molecular complexity index is 851. The van der Waals surface area contributed by atoms with Gasteiger partial charge < -0.3 is 14.5 Å². The molecule has 0 aromatic carbocycles. The van der Waals surface area contributed by atoms with Crippen LogP contribution in [0.15, 0.2) is 18.5 Å². The van der Waals surface area contributed by atoms with Crippen LogP contribution in [0.5, 0.6) is 0 Å². The van der Waals surface area contributed by atoms with E-state index in [2.05, 4.69) is 32.3 Å². The number of hydrogen-bond donors (Lipinski definition) is 0. The van der Waals surface area contributed by atoms with Gasteiger partial charge in [-0.3, -0.25) is 9.67 Å². The molecule has 8 heteroatoms. The zero-order chi connectivity index (χ0) is 18.1. The number of anilines is 1. The highest BCUT2D eigenvalue weighted by Gasteiger charge is 2.26. The highest BCUT2D eigenvalue weighted by Crippen LogP contribution is 2.35. The van der Waals surface area contributed by atoms with Gasteiger partial charge in [0.1, 0.15) is 5.69 Å². The zero-order valence-corrected chi connectivity index (χ0v) is 15.1. The summed E-state index contributed by atoms with van der Waals surface area (Å²) in [5.41, 5.74) is 5.41. The smallest absolute Gasteiger partial charge is 0.409 e. The fourth-order valence-corrected chi connectivity index (χ4v) is 3.49. The number of hydrogen-bond acceptors (Lipinski definition) is 6. The molecule has 2 aromatic heterocycles. The summed E-state index contributed by atoms with van der Waals surface area (Å²) in [4.78, 5) is 20.5. The molecule has 1 fully saturated rings. The third-order valence-corrected chi connectivity index (χ3v) is 4.80. The summed E-state index contributed by atoms with van der Waals surface area (Å²) in [6, 6.07) is 2.05. The lowest BCUT2D eigenvalue weighted by Gasteiger charge is -2.36. The summed E-state index contributed by atoms with van der Waals surface area (Å²) in [6.45, 7) is 5.13. The predicted molar refractivity (Wildman–Crippen MR) is 97.6 cm³/mol. The average Bonchev–Trinajstić information content (AvgIpc) is 3.27. The quantitative estimate of drug-likeness (QED) is 0.833. The molecule has 1 saturated heterocycles. The van der Waals surface area contributed by atoms with Gasteiger partial charge in [0.25, 0.3) is 0 Å². The van der Waals surface area contributed by atoms with Gasteiger partial charge in [-0.2, -0.15) is 0 Å². The molecule has 0 atom stereocenters. The number of ether oxygens (including phenoxy) is 1. The zero-order valence-electron chi connectivity index (χ0n) is 15.1. The van der Waals surface area contributed by atoms with Gasteiger partial charge >= 0.3 is 6.09 Å². The summed E-state index contributed by atoms with van der Waals surface area (Å²) in [7, 11) is 1.87. The number of nitrogens with zero attached hydrogens (tertiary/aromatic N) is 6. The molecule has 1 aliphatic heterocycles. The normalized spacial score (nSPS) is 16.5. The fourth-order valence-electron chi connectivity index (χ4n) is 3.49. The maximum absolute atomic E-state index is 11.9. The molecule has 8 nitrogen and oxygen atoms in total. The monoisotopic (exact) mass is 354 g/mol. The number of piperazine rings is 1. The van der Waals surface area contributed by atoms with Crippen molar-refractivity contribution in [2.75, 3.05) is 37.7 Å². The van der Waals surface area contributed by atoms with Crippen molar-refractivity contribution >= 4 is 23.4 Å². The van der Waals surface area contributed by atoms with Crippen molar-refractivity contribution in [1.82, 2.24) is 24.9 Å². The van der Waals surface area contributed by atoms with E-state index in [1.807, 2.05) is 26.4 Å². The van der Waals surface area contributed by atoms with Gasteiger partial charge in [-0.25, -0.2) is 4.79 Å². The van der Waals surface area contributed by atoms with E-state index in [0.29, 0.717) is 19.7 Å². The van der Waals surface area contributed by atoms with E-state index >= 15 is 0 Å². The Morgan fingerprint density at radius 3 is 2.77 bits per heavy atom. The molecule has 0 bridgehead atoms. The third-order valence-electron chi connectivity index (χ3n) is 4.80. The van der Waals surface area contributed by atoms with Crippen molar-refractivity contribution < 1.29 is 9.53 Å². The second-order valence-electron chi connectivity index (χ2n) is 6.49. The van der Waals surface area contributed by atoms with Gasteiger partial charge in [-0.15, -0.1) is 5.10 Å². The van der Waals surface area contributed by atoms with Crippen LogP contribution >= 0.6 is 0 Å². The number of pyridine rings is 1. The Hall–Kier alpha value is -2.90. The Morgan fingerprint density at radius 1 is 1.27 bits per heavy atom. The van der Waals surface area contributed by atoms with Crippen molar-refractivity contribution in [3.63, 3.8) is 0 Å². The molecule has 1 amide bonds. The predicted octanol–water partition coefficient (Wildman–Crippen LogP) is 1.59. The van der Waals surface area contributed by atoms with Crippen LogP contribution in [0.4, 0.5) is 10.5 Å². The Kier molecular flexibility index (Phi) is 4.32. The van der Waals surface area contributed by atoms with Crippen molar-refractivity contribution in [3.8, 4) is 0 Å². The van der Waals surface area contributed by atoms with Crippen LogP contribution in [-0.2, 0) is 18.2 Å². The lowest BCUT2D eigenvalue weighted by atomic mass is 10.1. The first-order chi connectivity index (χ1) is 12.7. The first kappa shape index (κ1) is 16.6. The number of carbonyl (C=O) groups is 1. The standard InChI is InChI=1S/C18H22N6O2/c1-3-26-18(25)24-8-6-23(7-9-24)17-4-5-19-15-11-13(10-14(15)17)16-12-22(2)21-20-16/h4-5,10,12H,3,6-9,11H2,1-2H3. The molecule has 4 rings (SSSR count). The van der Waals surface area contributed by atoms with E-state index in [1.54, 1.807) is 9.58 Å². The molecular formula is C18H22N6O2. The van der Waals surface area contributed by atoms with Crippen LogP contribution in [-0.4, -0.2) is 63.8 Å². The number of allylic oxidation sites excluding steroid dienone is 1. The van der Waals surface area contributed by atoms with Crippen molar-refractivity contribution in [2.24, 2.45) is 7.05 Å². The first-order valence-electron chi connectivity index (χ1n) is 8.87. The summed E-state index contributed by atoms with van der Waals surface area (Å²) in [5.74, 6) is 0. The number of amides is 1. The van der Waals surface area contributed by atoms with Crippen LogP contribution in [0.3, 0.4) is 0 Å². The number of fused-ring (bicyclic) bond motifs is 1. The van der Waals surface area contributed by atoms with E-state index in [4.69, 9.17) is 4.74 Å². The molecule has 0 N–H and O–H groups in total. The maximum Gasteiger partial charge on any atom is 0.409 e. The summed E-state index contributed by atoms with van der Waals surface area (Å²) in [6.07, 6.45) is 6.50. The number of aryl methyl sites for hydroxylation is 1. The van der Waals surface area contributed by atoms with E-state index < -0.39 is 0 Å². The van der Waals surface area contributed by atoms with E-state index in [-0.39, 0.29) is 6.09 Å². The van der Waals surface area contributed by atoms with Crippen molar-refractivity contribution in [1.29, 1.82) is 0 Å². The molecular weight excluding hydrogens is 332 g/mol. The summed E-state index contributed by atoms with van der Waals surface area (Å²) < 4.78 is 6.81. The Balaban J connectivity index is 1.53. The Labute approximate surface area is 152 Å². The van der Waals surface area contributed by atoms with Crippen molar-refractivity contribution in [3.05, 3.63) is 35.4 Å². The number of rotatable bonds is 3. The molecule has 1 aliphatic carbocycles. The Morgan fingerprint density at radius 2 is 2.08 bits per heavy atom. The molecule has 2 aromatic rings. The average molecular weight is 354 g/mol. The molecule has 0 spiro atoms. The first-order valence-corrected chi connectivity index (χ1v) is 8.87. The lowest BCUT2D eigenvalue weighted by molar-refractivity contribution is 0.105. The third kappa shape index (κ3) is 3.02. The van der Waals surface area contributed by atoms with Crippen LogP contribution < -0.4 is 4.90 Å². The number of carbonyl (C=O) groups excluding carboxylic acids is 1. The lowest BCUT2D eigenvalue weighted by Crippen LogP contribution is -2.49. The summed E-state index contributed by atoms with van der Waals surface area (Å²) in [5, 5.41) is 8.24. The molecule has 26 heavy (non-hydrogen) atoms. The topological polar surface area (TPSA) is 76.4 Å². The fraction of sp³-hybridized carbons (Fsp3) is 0.444. The van der Waals surface area contributed by atoms with Crippen LogP contribution in [0.25, 0.3) is 11.6 Å². The maximum atomic E-state index is 11.9. The van der Waals surface area contributed by atoms with Crippen molar-refractivity contribution in [2.45, 2.75) is 13.3 Å². The van der Waals surface area contributed by atoms with Crippen LogP contribution in [0.2, 0.25) is 0 Å². The molecule has 136 valence electrons. The molecule has 0 unspecified atom stereocenters. The highest BCUT2D eigenvalue weighted by atomic mass is 16.6. The van der Waals surface area contributed by atoms with Gasteiger partial charge in [0, 0.05) is 57.1 Å². The minimum Gasteiger partial charge on any atom is -0.450 e.